The minimum Gasteiger partial charge on any atom is -0.382 e. The van der Waals surface area contributed by atoms with E-state index in [1.807, 2.05) is 0 Å². The van der Waals surface area contributed by atoms with Crippen molar-refractivity contribution in [1.82, 2.24) is 9.97 Å². The highest BCUT2D eigenvalue weighted by Gasteiger charge is 2.33. The maximum atomic E-state index is 12.4. The number of aliphatic hydroxyl groups excluding tert-OH is 1. The first-order valence-corrected chi connectivity index (χ1v) is 5.60. The van der Waals surface area contributed by atoms with E-state index in [1.165, 1.54) is 6.20 Å². The summed E-state index contributed by atoms with van der Waals surface area (Å²) in [5.41, 5.74) is -0.742. The molecule has 0 aromatic carbocycles. The molecular formula is C12H8ClF3N2O. The van der Waals surface area contributed by atoms with Crippen LogP contribution in [0.3, 0.4) is 0 Å². The van der Waals surface area contributed by atoms with Crippen molar-refractivity contribution >= 4 is 11.6 Å². The zero-order valence-electron chi connectivity index (χ0n) is 9.39. The maximum Gasteiger partial charge on any atom is 0.433 e. The summed E-state index contributed by atoms with van der Waals surface area (Å²) in [7, 11) is 0. The van der Waals surface area contributed by atoms with Crippen LogP contribution < -0.4 is 0 Å². The van der Waals surface area contributed by atoms with Crippen molar-refractivity contribution < 1.29 is 18.3 Å². The lowest BCUT2D eigenvalue weighted by molar-refractivity contribution is -0.141. The Balaban J connectivity index is 2.37. The Morgan fingerprint density at radius 1 is 1.16 bits per heavy atom. The molecule has 0 spiro atoms. The standard InChI is InChI=1S/C12H8ClF3N2O/c13-11-7(4-5-9(18-11)12(14,15)16)10(19)8-3-1-2-6-17-8/h1-6,10,19H. The molecule has 0 aliphatic rings. The predicted octanol–water partition coefficient (Wildman–Crippen LogP) is 3.23. The summed E-state index contributed by atoms with van der Waals surface area (Å²) in [6.45, 7) is 0. The number of nitrogens with zero attached hydrogens (tertiary/aromatic N) is 2. The number of alkyl halides is 3. The number of hydrogen-bond acceptors (Lipinski definition) is 3. The molecule has 1 N–H and O–H groups in total. The second-order valence-corrected chi connectivity index (χ2v) is 4.09. The molecule has 1 unspecified atom stereocenters. The normalized spacial score (nSPS) is 13.3. The molecule has 19 heavy (non-hydrogen) atoms. The maximum absolute atomic E-state index is 12.4. The average molecular weight is 289 g/mol. The minimum absolute atomic E-state index is 0.0772. The summed E-state index contributed by atoms with van der Waals surface area (Å²) < 4.78 is 37.3. The molecule has 0 fully saturated rings. The summed E-state index contributed by atoms with van der Waals surface area (Å²) in [6.07, 6.45) is -4.33. The van der Waals surface area contributed by atoms with Gasteiger partial charge in [-0.25, -0.2) is 4.98 Å². The number of rotatable bonds is 2. The lowest BCUT2D eigenvalue weighted by Gasteiger charge is -2.13. The van der Waals surface area contributed by atoms with Gasteiger partial charge < -0.3 is 5.11 Å². The van der Waals surface area contributed by atoms with E-state index >= 15 is 0 Å². The van der Waals surface area contributed by atoms with Gasteiger partial charge in [0.05, 0.1) is 5.69 Å². The van der Waals surface area contributed by atoms with Gasteiger partial charge in [0.1, 0.15) is 17.0 Å². The van der Waals surface area contributed by atoms with Gasteiger partial charge in [0, 0.05) is 11.8 Å². The van der Waals surface area contributed by atoms with Crippen LogP contribution in [-0.4, -0.2) is 15.1 Å². The zero-order valence-corrected chi connectivity index (χ0v) is 10.2. The third-order valence-corrected chi connectivity index (χ3v) is 2.73. The first kappa shape index (κ1) is 13.8. The molecule has 0 amide bonds. The van der Waals surface area contributed by atoms with Crippen LogP contribution in [0.4, 0.5) is 13.2 Å². The van der Waals surface area contributed by atoms with Crippen molar-refractivity contribution in [2.24, 2.45) is 0 Å². The van der Waals surface area contributed by atoms with Crippen molar-refractivity contribution in [3.8, 4) is 0 Å². The van der Waals surface area contributed by atoms with Gasteiger partial charge in [0.15, 0.2) is 0 Å². The molecule has 0 bridgehead atoms. The highest BCUT2D eigenvalue weighted by atomic mass is 35.5. The van der Waals surface area contributed by atoms with Crippen molar-refractivity contribution in [3.63, 3.8) is 0 Å². The second kappa shape index (κ2) is 5.14. The van der Waals surface area contributed by atoms with Crippen LogP contribution in [0.1, 0.15) is 23.1 Å². The highest BCUT2D eigenvalue weighted by Crippen LogP contribution is 2.32. The van der Waals surface area contributed by atoms with E-state index in [9.17, 15) is 18.3 Å². The Labute approximate surface area is 111 Å². The molecule has 2 heterocycles. The Morgan fingerprint density at radius 2 is 1.89 bits per heavy atom. The molecule has 0 aliphatic heterocycles. The van der Waals surface area contributed by atoms with Gasteiger partial charge in [-0.05, 0) is 18.2 Å². The Bertz CT molecular complexity index is 575. The van der Waals surface area contributed by atoms with Crippen LogP contribution in [0.2, 0.25) is 5.15 Å². The van der Waals surface area contributed by atoms with Crippen molar-refractivity contribution in [2.45, 2.75) is 12.3 Å². The highest BCUT2D eigenvalue weighted by molar-refractivity contribution is 6.30. The lowest BCUT2D eigenvalue weighted by Crippen LogP contribution is -2.10. The van der Waals surface area contributed by atoms with E-state index in [2.05, 4.69) is 9.97 Å². The number of aliphatic hydroxyl groups is 1. The Morgan fingerprint density at radius 3 is 2.42 bits per heavy atom. The molecule has 7 heteroatoms. The molecule has 100 valence electrons. The fourth-order valence-corrected chi connectivity index (χ4v) is 1.76. The van der Waals surface area contributed by atoms with Crippen LogP contribution in [-0.2, 0) is 6.18 Å². The van der Waals surface area contributed by atoms with Crippen molar-refractivity contribution in [1.29, 1.82) is 0 Å². The van der Waals surface area contributed by atoms with Gasteiger partial charge in [-0.3, -0.25) is 4.98 Å². The van der Waals surface area contributed by atoms with E-state index in [4.69, 9.17) is 11.6 Å². The number of aromatic nitrogens is 2. The Kier molecular flexibility index (Phi) is 3.73. The molecule has 1 atom stereocenters. The third-order valence-electron chi connectivity index (χ3n) is 2.43. The molecule has 2 rings (SSSR count). The van der Waals surface area contributed by atoms with E-state index in [0.717, 1.165) is 12.1 Å². The zero-order chi connectivity index (χ0) is 14.0. The minimum atomic E-state index is -4.57. The quantitative estimate of drug-likeness (QED) is 0.863. The van der Waals surface area contributed by atoms with Crippen molar-refractivity contribution in [3.05, 3.63) is 58.6 Å². The summed E-state index contributed by atoms with van der Waals surface area (Å²) >= 11 is 5.68. The van der Waals surface area contributed by atoms with Gasteiger partial charge in [-0.15, -0.1) is 0 Å². The van der Waals surface area contributed by atoms with Crippen LogP contribution in [0.5, 0.6) is 0 Å². The van der Waals surface area contributed by atoms with E-state index in [-0.39, 0.29) is 11.3 Å². The summed E-state index contributed by atoms with van der Waals surface area (Å²) in [4.78, 5) is 7.15. The lowest BCUT2D eigenvalue weighted by atomic mass is 10.1. The van der Waals surface area contributed by atoms with Gasteiger partial charge in [0.2, 0.25) is 0 Å². The number of hydrogen-bond donors (Lipinski definition) is 1. The third kappa shape index (κ3) is 3.02. The molecule has 0 aliphatic carbocycles. The largest absolute Gasteiger partial charge is 0.433 e. The molecule has 2 aromatic heterocycles. The number of halogens is 4. The van der Waals surface area contributed by atoms with Crippen LogP contribution >= 0.6 is 11.6 Å². The second-order valence-electron chi connectivity index (χ2n) is 3.73. The van der Waals surface area contributed by atoms with Crippen LogP contribution in [0, 0.1) is 0 Å². The average Bonchev–Trinajstić information content (AvgIpc) is 2.38. The summed E-state index contributed by atoms with van der Waals surface area (Å²) in [6, 6.07) is 6.71. The van der Waals surface area contributed by atoms with Crippen LogP contribution in [0.25, 0.3) is 0 Å². The fourth-order valence-electron chi connectivity index (χ4n) is 1.50. The number of pyridine rings is 2. The summed E-state index contributed by atoms with van der Waals surface area (Å²) in [5.74, 6) is 0. The van der Waals surface area contributed by atoms with E-state index in [0.29, 0.717) is 0 Å². The van der Waals surface area contributed by atoms with E-state index in [1.54, 1.807) is 18.2 Å². The van der Waals surface area contributed by atoms with E-state index < -0.39 is 23.1 Å². The molecule has 3 nitrogen and oxygen atoms in total. The van der Waals surface area contributed by atoms with Crippen LogP contribution in [0.15, 0.2) is 36.5 Å². The smallest absolute Gasteiger partial charge is 0.382 e. The topological polar surface area (TPSA) is 46.0 Å². The Hall–Kier alpha value is -1.66. The molecule has 0 radical (unpaired) electrons. The first-order valence-electron chi connectivity index (χ1n) is 5.22. The fraction of sp³-hybridized carbons (Fsp3) is 0.167. The van der Waals surface area contributed by atoms with Gasteiger partial charge in [-0.2, -0.15) is 13.2 Å². The van der Waals surface area contributed by atoms with Gasteiger partial charge in [-0.1, -0.05) is 23.7 Å². The van der Waals surface area contributed by atoms with Gasteiger partial charge >= 0.3 is 6.18 Å². The molecule has 2 aromatic rings. The SMILES string of the molecule is OC(c1ccccn1)c1ccc(C(F)(F)F)nc1Cl. The van der Waals surface area contributed by atoms with Crippen molar-refractivity contribution in [2.75, 3.05) is 0 Å². The molecule has 0 saturated heterocycles. The summed E-state index contributed by atoms with van der Waals surface area (Å²) in [5, 5.41) is 9.60. The predicted molar refractivity (Wildman–Crippen MR) is 62.5 cm³/mol. The first-order chi connectivity index (χ1) is 8.89. The molecule has 0 saturated carbocycles. The molecular weight excluding hydrogens is 281 g/mol. The monoisotopic (exact) mass is 288 g/mol. The van der Waals surface area contributed by atoms with Gasteiger partial charge in [0.25, 0.3) is 0 Å².